The second-order valence-electron chi connectivity index (χ2n) is 8.29. The number of anilines is 1. The van der Waals surface area contributed by atoms with Gasteiger partial charge in [0.15, 0.2) is 0 Å². The molecule has 9 heteroatoms. The van der Waals surface area contributed by atoms with Crippen molar-refractivity contribution in [2.24, 2.45) is 10.7 Å². The highest BCUT2D eigenvalue weighted by atomic mass is 19.1. The number of aryl methyl sites for hydroxylation is 2. The molecule has 0 aliphatic carbocycles. The van der Waals surface area contributed by atoms with Crippen LogP contribution in [0, 0.1) is 12.7 Å². The van der Waals surface area contributed by atoms with E-state index >= 15 is 0 Å². The monoisotopic (exact) mass is 467 g/mol. The van der Waals surface area contributed by atoms with Crippen molar-refractivity contribution in [2.75, 3.05) is 25.5 Å². The standard InChI is InChI=1S/C25H30FN5O3/c1-16-5-6-18(12-21(16)26)22(13-23(32)33)31(2)25(34)19(14-27)15-28-11-9-20-8-7-17-4-3-10-29-24(17)30-20/h5-8,12,14-15,22H,3-4,9-11,13,27H2,1-2H3,(H,29,30)(H,32,33)/t22-/m0/s1. The number of carboxylic acids is 1. The van der Waals surface area contributed by atoms with Gasteiger partial charge in [-0.05, 0) is 48.6 Å². The molecule has 0 bridgehead atoms. The minimum absolute atomic E-state index is 0.116. The van der Waals surface area contributed by atoms with Crippen LogP contribution in [0.25, 0.3) is 0 Å². The molecule has 0 fully saturated rings. The van der Waals surface area contributed by atoms with Crippen LogP contribution in [0.1, 0.15) is 41.3 Å². The number of rotatable bonds is 9. The zero-order valence-corrected chi connectivity index (χ0v) is 19.4. The van der Waals surface area contributed by atoms with Crippen LogP contribution >= 0.6 is 0 Å². The Morgan fingerprint density at radius 2 is 2.15 bits per heavy atom. The van der Waals surface area contributed by atoms with Gasteiger partial charge in [0.05, 0.1) is 18.0 Å². The Bertz CT molecular complexity index is 1120. The number of aromatic nitrogens is 1. The highest BCUT2D eigenvalue weighted by molar-refractivity contribution is 6.12. The van der Waals surface area contributed by atoms with Crippen molar-refractivity contribution >= 4 is 23.9 Å². The molecule has 0 saturated carbocycles. The van der Waals surface area contributed by atoms with Crippen LogP contribution in [-0.4, -0.2) is 53.2 Å². The van der Waals surface area contributed by atoms with Crippen LogP contribution < -0.4 is 11.1 Å². The number of likely N-dealkylation sites (N-methyl/N-ethyl adjacent to an activating group) is 1. The zero-order chi connectivity index (χ0) is 24.7. The number of nitrogens with two attached hydrogens (primary N) is 1. The predicted molar refractivity (Wildman–Crippen MR) is 129 cm³/mol. The molecule has 1 aliphatic rings. The Kier molecular flexibility index (Phi) is 8.34. The first kappa shape index (κ1) is 24.9. The van der Waals surface area contributed by atoms with Crippen molar-refractivity contribution in [1.29, 1.82) is 0 Å². The van der Waals surface area contributed by atoms with Crippen molar-refractivity contribution in [2.45, 2.75) is 38.6 Å². The molecule has 2 heterocycles. The summed E-state index contributed by atoms with van der Waals surface area (Å²) in [6, 6.07) is 7.63. The SMILES string of the molecule is Cc1ccc([C@H](CC(=O)O)N(C)C(=O)C(C=NCCc2ccc3c(n2)NCCC3)=CN)cc1F. The molecule has 0 spiro atoms. The first-order chi connectivity index (χ1) is 16.3. The number of aliphatic imine (C=N–C) groups is 1. The number of aliphatic carboxylic acids is 1. The molecule has 1 amide bonds. The highest BCUT2D eigenvalue weighted by Gasteiger charge is 2.26. The molecule has 34 heavy (non-hydrogen) atoms. The lowest BCUT2D eigenvalue weighted by molar-refractivity contribution is -0.139. The summed E-state index contributed by atoms with van der Waals surface area (Å²) in [7, 11) is 1.47. The summed E-state index contributed by atoms with van der Waals surface area (Å²) in [5.41, 5.74) is 8.72. The summed E-state index contributed by atoms with van der Waals surface area (Å²) >= 11 is 0. The molecule has 8 nitrogen and oxygen atoms in total. The topological polar surface area (TPSA) is 121 Å². The van der Waals surface area contributed by atoms with Gasteiger partial charge in [-0.15, -0.1) is 0 Å². The van der Waals surface area contributed by atoms with Gasteiger partial charge < -0.3 is 21.1 Å². The number of hydrogen-bond donors (Lipinski definition) is 3. The lowest BCUT2D eigenvalue weighted by atomic mass is 10.00. The summed E-state index contributed by atoms with van der Waals surface area (Å²) in [5.74, 6) is -1.15. The maximum atomic E-state index is 14.1. The fourth-order valence-corrected chi connectivity index (χ4v) is 3.82. The minimum Gasteiger partial charge on any atom is -0.481 e. The van der Waals surface area contributed by atoms with Crippen LogP contribution in [0.4, 0.5) is 10.2 Å². The molecule has 180 valence electrons. The number of nitrogens with one attached hydrogen (secondary N) is 1. The average molecular weight is 468 g/mol. The van der Waals surface area contributed by atoms with Crippen molar-refractivity contribution in [1.82, 2.24) is 9.88 Å². The Balaban J connectivity index is 1.67. The van der Waals surface area contributed by atoms with Crippen molar-refractivity contribution in [3.05, 3.63) is 70.3 Å². The predicted octanol–water partition coefficient (Wildman–Crippen LogP) is 3.02. The molecule has 1 aromatic carbocycles. The number of hydrogen-bond acceptors (Lipinski definition) is 6. The Hall–Kier alpha value is -3.75. The van der Waals surface area contributed by atoms with E-state index in [4.69, 9.17) is 5.73 Å². The van der Waals surface area contributed by atoms with Crippen LogP contribution in [0.3, 0.4) is 0 Å². The van der Waals surface area contributed by atoms with Gasteiger partial charge in [0, 0.05) is 44.7 Å². The summed E-state index contributed by atoms with van der Waals surface area (Å²) in [6.45, 7) is 2.93. The molecular formula is C25H30FN5O3. The van der Waals surface area contributed by atoms with Gasteiger partial charge in [-0.2, -0.15) is 0 Å². The number of halogens is 1. The van der Waals surface area contributed by atoms with E-state index in [0.29, 0.717) is 24.1 Å². The quantitative estimate of drug-likeness (QED) is 0.385. The molecule has 1 aliphatic heterocycles. The third-order valence-electron chi connectivity index (χ3n) is 5.84. The molecule has 0 radical (unpaired) electrons. The van der Waals surface area contributed by atoms with E-state index in [1.165, 1.54) is 29.8 Å². The maximum Gasteiger partial charge on any atom is 0.305 e. The number of carboxylic acid groups (broad SMARTS) is 1. The molecule has 4 N–H and O–H groups in total. The number of carbonyl (C=O) groups excluding carboxylic acids is 1. The summed E-state index contributed by atoms with van der Waals surface area (Å²) in [4.78, 5) is 34.6. The Morgan fingerprint density at radius 3 is 2.85 bits per heavy atom. The average Bonchev–Trinajstić information content (AvgIpc) is 2.83. The van der Waals surface area contributed by atoms with Gasteiger partial charge in [0.25, 0.3) is 5.91 Å². The van der Waals surface area contributed by atoms with Gasteiger partial charge >= 0.3 is 5.97 Å². The molecule has 3 rings (SSSR count). The van der Waals surface area contributed by atoms with Crippen LogP contribution in [-0.2, 0) is 22.4 Å². The lowest BCUT2D eigenvalue weighted by Crippen LogP contribution is -2.34. The number of carbonyl (C=O) groups is 2. The van der Waals surface area contributed by atoms with Crippen molar-refractivity contribution < 1.29 is 19.1 Å². The van der Waals surface area contributed by atoms with E-state index in [1.807, 2.05) is 6.07 Å². The van der Waals surface area contributed by atoms with E-state index in [1.54, 1.807) is 19.1 Å². The van der Waals surface area contributed by atoms with Gasteiger partial charge in [0.1, 0.15) is 11.6 Å². The second-order valence-corrected chi connectivity index (χ2v) is 8.29. The smallest absolute Gasteiger partial charge is 0.305 e. The van der Waals surface area contributed by atoms with Crippen molar-refractivity contribution in [3.8, 4) is 0 Å². The molecule has 0 unspecified atom stereocenters. The largest absolute Gasteiger partial charge is 0.481 e. The van der Waals surface area contributed by atoms with E-state index in [2.05, 4.69) is 21.4 Å². The maximum absolute atomic E-state index is 14.1. The number of nitrogens with zero attached hydrogens (tertiary/aromatic N) is 3. The van der Waals surface area contributed by atoms with E-state index in [0.717, 1.165) is 37.1 Å². The summed E-state index contributed by atoms with van der Waals surface area (Å²) < 4.78 is 14.1. The lowest BCUT2D eigenvalue weighted by Gasteiger charge is -2.28. The summed E-state index contributed by atoms with van der Waals surface area (Å²) in [5, 5.41) is 12.6. The van der Waals surface area contributed by atoms with Crippen LogP contribution in [0.2, 0.25) is 0 Å². The van der Waals surface area contributed by atoms with Gasteiger partial charge in [-0.3, -0.25) is 14.6 Å². The Labute approximate surface area is 198 Å². The normalized spacial score (nSPS) is 14.4. The first-order valence-corrected chi connectivity index (χ1v) is 11.2. The van der Waals surface area contributed by atoms with Crippen LogP contribution in [0.5, 0.6) is 0 Å². The molecule has 2 aromatic rings. The van der Waals surface area contributed by atoms with E-state index in [9.17, 15) is 19.1 Å². The molecule has 1 atom stereocenters. The van der Waals surface area contributed by atoms with E-state index in [-0.39, 0.29) is 12.0 Å². The number of pyridine rings is 1. The van der Waals surface area contributed by atoms with Gasteiger partial charge in [-0.25, -0.2) is 9.37 Å². The van der Waals surface area contributed by atoms with Gasteiger partial charge in [0.2, 0.25) is 0 Å². The van der Waals surface area contributed by atoms with E-state index < -0.39 is 23.7 Å². The number of fused-ring (bicyclic) bond motifs is 1. The fourth-order valence-electron chi connectivity index (χ4n) is 3.82. The molecular weight excluding hydrogens is 437 g/mol. The number of benzene rings is 1. The Morgan fingerprint density at radius 1 is 1.35 bits per heavy atom. The first-order valence-electron chi connectivity index (χ1n) is 11.2. The summed E-state index contributed by atoms with van der Waals surface area (Å²) in [6.07, 6.45) is 4.85. The van der Waals surface area contributed by atoms with Crippen molar-refractivity contribution in [3.63, 3.8) is 0 Å². The molecule has 0 saturated heterocycles. The minimum atomic E-state index is -1.11. The van der Waals surface area contributed by atoms with Crippen LogP contribution in [0.15, 0.2) is 47.1 Å². The third-order valence-corrected chi connectivity index (χ3v) is 5.84. The third kappa shape index (κ3) is 6.18. The fraction of sp³-hybridized carbons (Fsp3) is 0.360. The van der Waals surface area contributed by atoms with Gasteiger partial charge in [-0.1, -0.05) is 18.2 Å². The highest BCUT2D eigenvalue weighted by Crippen LogP contribution is 2.26. The second kappa shape index (κ2) is 11.4. The number of amides is 1. The molecule has 1 aromatic heterocycles. The zero-order valence-electron chi connectivity index (χ0n) is 19.4.